The van der Waals surface area contributed by atoms with Crippen LogP contribution in [0.5, 0.6) is 5.75 Å². The number of carbonyl (C=O) groups is 1. The van der Waals surface area contributed by atoms with Crippen LogP contribution in [0.15, 0.2) is 18.3 Å². The van der Waals surface area contributed by atoms with Crippen molar-refractivity contribution >= 4 is 5.91 Å². The number of carbonyl (C=O) groups excluding carboxylic acids is 1. The molecule has 1 rings (SSSR count). The van der Waals surface area contributed by atoms with Crippen LogP contribution in [-0.2, 0) is 11.3 Å². The number of aryl methyl sites for hydroxylation is 1. The smallest absolute Gasteiger partial charge is 0.246 e. The van der Waals surface area contributed by atoms with Crippen LogP contribution in [0.4, 0.5) is 0 Å². The van der Waals surface area contributed by atoms with Crippen LogP contribution in [0.25, 0.3) is 0 Å². The standard InChI is InChI=1S/C16H25N3O2/c1-12-10-17-14(13(2)16(12)21-6)11-19(5)15(20)8-7-9-18(3)4/h7-8,10H,9,11H2,1-6H3/b8-7+. The number of methoxy groups -OCH3 is 1. The number of nitrogens with zero attached hydrogens (tertiary/aromatic N) is 3. The Morgan fingerprint density at radius 3 is 2.57 bits per heavy atom. The van der Waals surface area contributed by atoms with E-state index in [4.69, 9.17) is 4.74 Å². The van der Waals surface area contributed by atoms with Gasteiger partial charge in [0.1, 0.15) is 5.75 Å². The van der Waals surface area contributed by atoms with Gasteiger partial charge in [-0.25, -0.2) is 0 Å². The lowest BCUT2D eigenvalue weighted by Crippen LogP contribution is -2.25. The zero-order valence-electron chi connectivity index (χ0n) is 13.8. The predicted octanol–water partition coefficient (Wildman–Crippen LogP) is 1.78. The Balaban J connectivity index is 2.77. The van der Waals surface area contributed by atoms with Gasteiger partial charge in [0.2, 0.25) is 5.91 Å². The summed E-state index contributed by atoms with van der Waals surface area (Å²) in [6.45, 7) is 5.14. The van der Waals surface area contributed by atoms with Crippen molar-refractivity contribution in [1.29, 1.82) is 0 Å². The average molecular weight is 291 g/mol. The number of rotatable bonds is 6. The minimum atomic E-state index is -0.0300. The van der Waals surface area contributed by atoms with Crippen LogP contribution in [0.1, 0.15) is 16.8 Å². The first kappa shape index (κ1) is 17.2. The summed E-state index contributed by atoms with van der Waals surface area (Å²) in [4.78, 5) is 20.1. The minimum absolute atomic E-state index is 0.0300. The molecule has 0 radical (unpaired) electrons. The molecule has 1 amide bonds. The summed E-state index contributed by atoms with van der Waals surface area (Å²) in [5.41, 5.74) is 2.84. The Morgan fingerprint density at radius 1 is 1.33 bits per heavy atom. The molecule has 0 aliphatic heterocycles. The summed E-state index contributed by atoms with van der Waals surface area (Å²) in [6.07, 6.45) is 5.23. The van der Waals surface area contributed by atoms with Gasteiger partial charge in [-0.1, -0.05) is 6.08 Å². The van der Waals surface area contributed by atoms with Crippen LogP contribution >= 0.6 is 0 Å². The van der Waals surface area contributed by atoms with Crippen molar-refractivity contribution in [2.45, 2.75) is 20.4 Å². The molecule has 1 aromatic rings. The molecule has 0 aliphatic rings. The summed E-state index contributed by atoms with van der Waals surface area (Å²) in [5.74, 6) is 0.807. The maximum atomic E-state index is 12.0. The largest absolute Gasteiger partial charge is 0.496 e. The molecule has 0 atom stereocenters. The second kappa shape index (κ2) is 7.78. The topological polar surface area (TPSA) is 45.7 Å². The van der Waals surface area contributed by atoms with E-state index in [1.165, 1.54) is 0 Å². The van der Waals surface area contributed by atoms with Crippen LogP contribution < -0.4 is 4.74 Å². The number of hydrogen-bond donors (Lipinski definition) is 0. The lowest BCUT2D eigenvalue weighted by atomic mass is 10.1. The molecule has 0 N–H and O–H groups in total. The highest BCUT2D eigenvalue weighted by Gasteiger charge is 2.13. The zero-order chi connectivity index (χ0) is 16.0. The van der Waals surface area contributed by atoms with Crippen LogP contribution in [0, 0.1) is 13.8 Å². The van der Waals surface area contributed by atoms with E-state index >= 15 is 0 Å². The number of aromatic nitrogens is 1. The fourth-order valence-corrected chi connectivity index (χ4v) is 2.02. The summed E-state index contributed by atoms with van der Waals surface area (Å²) in [5, 5.41) is 0. The van der Waals surface area contributed by atoms with Gasteiger partial charge in [0.05, 0.1) is 19.3 Å². The first-order valence-corrected chi connectivity index (χ1v) is 6.92. The number of hydrogen-bond acceptors (Lipinski definition) is 4. The summed E-state index contributed by atoms with van der Waals surface area (Å²) < 4.78 is 5.39. The van der Waals surface area contributed by atoms with Crippen molar-refractivity contribution in [3.63, 3.8) is 0 Å². The fraction of sp³-hybridized carbons (Fsp3) is 0.500. The van der Waals surface area contributed by atoms with Gasteiger partial charge in [-0.15, -0.1) is 0 Å². The zero-order valence-corrected chi connectivity index (χ0v) is 13.8. The lowest BCUT2D eigenvalue weighted by Gasteiger charge is -2.18. The van der Waals surface area contributed by atoms with E-state index in [1.54, 1.807) is 31.3 Å². The van der Waals surface area contributed by atoms with Gasteiger partial charge in [-0.3, -0.25) is 9.78 Å². The summed E-state index contributed by atoms with van der Waals surface area (Å²) in [6, 6.07) is 0. The Morgan fingerprint density at radius 2 is 2.00 bits per heavy atom. The highest BCUT2D eigenvalue weighted by molar-refractivity contribution is 5.87. The first-order valence-electron chi connectivity index (χ1n) is 6.92. The Labute approximate surface area is 127 Å². The molecule has 1 heterocycles. The third-order valence-corrected chi connectivity index (χ3v) is 3.24. The normalized spacial score (nSPS) is 11.2. The second-order valence-electron chi connectivity index (χ2n) is 5.41. The van der Waals surface area contributed by atoms with E-state index in [0.717, 1.165) is 29.1 Å². The van der Waals surface area contributed by atoms with Crippen LogP contribution in [0.3, 0.4) is 0 Å². The molecule has 5 heteroatoms. The minimum Gasteiger partial charge on any atom is -0.496 e. The molecule has 0 aliphatic carbocycles. The van der Waals surface area contributed by atoms with Crippen LogP contribution in [0.2, 0.25) is 0 Å². The number of pyridine rings is 1. The van der Waals surface area contributed by atoms with E-state index < -0.39 is 0 Å². The van der Waals surface area contributed by atoms with Gasteiger partial charge in [-0.05, 0) is 27.9 Å². The van der Waals surface area contributed by atoms with E-state index in [1.807, 2.05) is 38.9 Å². The van der Waals surface area contributed by atoms with Gasteiger partial charge in [0, 0.05) is 37.0 Å². The molecule has 0 fully saturated rings. The quantitative estimate of drug-likeness (QED) is 0.750. The maximum absolute atomic E-state index is 12.0. The molecule has 0 saturated heterocycles. The number of ether oxygens (including phenoxy) is 1. The van der Waals surface area contributed by atoms with Gasteiger partial charge >= 0.3 is 0 Å². The molecule has 1 aromatic heterocycles. The third kappa shape index (κ3) is 4.86. The van der Waals surface area contributed by atoms with Crippen molar-refractivity contribution in [2.24, 2.45) is 0 Å². The molecule has 21 heavy (non-hydrogen) atoms. The summed E-state index contributed by atoms with van der Waals surface area (Å²) >= 11 is 0. The second-order valence-corrected chi connectivity index (χ2v) is 5.41. The van der Waals surface area contributed by atoms with E-state index in [2.05, 4.69) is 4.98 Å². The van der Waals surface area contributed by atoms with E-state index in [9.17, 15) is 4.79 Å². The fourth-order valence-electron chi connectivity index (χ4n) is 2.02. The van der Waals surface area contributed by atoms with Gasteiger partial charge in [0.25, 0.3) is 0 Å². The van der Waals surface area contributed by atoms with E-state index in [0.29, 0.717) is 6.54 Å². The third-order valence-electron chi connectivity index (χ3n) is 3.24. The van der Waals surface area contributed by atoms with E-state index in [-0.39, 0.29) is 5.91 Å². The summed E-state index contributed by atoms with van der Waals surface area (Å²) in [7, 11) is 7.35. The first-order chi connectivity index (χ1) is 9.86. The van der Waals surface area contributed by atoms with Crippen molar-refractivity contribution < 1.29 is 9.53 Å². The van der Waals surface area contributed by atoms with Crippen molar-refractivity contribution in [2.75, 3.05) is 34.8 Å². The lowest BCUT2D eigenvalue weighted by molar-refractivity contribution is -0.125. The Bertz CT molecular complexity index is 524. The SMILES string of the molecule is COc1c(C)cnc(CN(C)C(=O)/C=C/CN(C)C)c1C. The molecule has 116 valence electrons. The Hall–Kier alpha value is -1.88. The van der Waals surface area contributed by atoms with Crippen molar-refractivity contribution in [3.05, 3.63) is 35.2 Å². The molecular formula is C16H25N3O2. The van der Waals surface area contributed by atoms with Gasteiger partial charge in [0.15, 0.2) is 0 Å². The number of likely N-dealkylation sites (N-methyl/N-ethyl adjacent to an activating group) is 2. The van der Waals surface area contributed by atoms with Crippen molar-refractivity contribution in [1.82, 2.24) is 14.8 Å². The molecule has 0 aromatic carbocycles. The highest BCUT2D eigenvalue weighted by atomic mass is 16.5. The molecule has 0 spiro atoms. The maximum Gasteiger partial charge on any atom is 0.246 e. The molecule has 0 unspecified atom stereocenters. The van der Waals surface area contributed by atoms with Gasteiger partial charge < -0.3 is 14.5 Å². The molecular weight excluding hydrogens is 266 g/mol. The Kier molecular flexibility index (Phi) is 6.37. The molecule has 0 bridgehead atoms. The monoisotopic (exact) mass is 291 g/mol. The number of amides is 1. The highest BCUT2D eigenvalue weighted by Crippen LogP contribution is 2.24. The molecule has 0 saturated carbocycles. The van der Waals surface area contributed by atoms with Gasteiger partial charge in [-0.2, -0.15) is 0 Å². The van der Waals surface area contributed by atoms with Crippen molar-refractivity contribution in [3.8, 4) is 5.75 Å². The average Bonchev–Trinajstić information content (AvgIpc) is 2.42. The predicted molar refractivity (Wildman–Crippen MR) is 84.4 cm³/mol. The molecule has 5 nitrogen and oxygen atoms in total. The van der Waals surface area contributed by atoms with Crippen LogP contribution in [-0.4, -0.2) is 55.5 Å².